The fourth-order valence-electron chi connectivity index (χ4n) is 2.74. The Morgan fingerprint density at radius 1 is 1.39 bits per heavy atom. The number of nitrogens with zero attached hydrogens (tertiary/aromatic N) is 2. The van der Waals surface area contributed by atoms with Gasteiger partial charge in [-0.05, 0) is 66.1 Å². The van der Waals surface area contributed by atoms with E-state index in [1.807, 2.05) is 12.3 Å². The Kier molecular flexibility index (Phi) is 5.78. The first kappa shape index (κ1) is 17.9. The third-order valence-corrected chi connectivity index (χ3v) is 4.58. The van der Waals surface area contributed by atoms with Crippen molar-refractivity contribution in [3.8, 4) is 0 Å². The standard InChI is InChI=1S/C15H16BrFN4O.ClH/c16-12-10-11(2-3-13(12)17)20-14(22)15(4-7-18-8-5-15)21-9-1-6-19-21;/h1-3,6,9-10,18H,4-5,7-8H2,(H,20,22);1H. The van der Waals surface area contributed by atoms with Crippen molar-refractivity contribution < 1.29 is 9.18 Å². The van der Waals surface area contributed by atoms with Gasteiger partial charge in [0.25, 0.3) is 5.91 Å². The molecule has 2 N–H and O–H groups in total. The van der Waals surface area contributed by atoms with Crippen molar-refractivity contribution in [1.82, 2.24) is 15.1 Å². The number of piperidine rings is 1. The van der Waals surface area contributed by atoms with Crippen LogP contribution in [0.25, 0.3) is 0 Å². The van der Waals surface area contributed by atoms with Crippen molar-refractivity contribution in [1.29, 1.82) is 0 Å². The number of amides is 1. The number of hydrogen-bond donors (Lipinski definition) is 2. The van der Waals surface area contributed by atoms with Gasteiger partial charge in [-0.3, -0.25) is 9.48 Å². The zero-order valence-electron chi connectivity index (χ0n) is 12.3. The van der Waals surface area contributed by atoms with E-state index in [-0.39, 0.29) is 24.1 Å². The van der Waals surface area contributed by atoms with E-state index in [1.165, 1.54) is 6.07 Å². The lowest BCUT2D eigenvalue weighted by Crippen LogP contribution is -2.52. The summed E-state index contributed by atoms with van der Waals surface area (Å²) in [6.45, 7) is 1.50. The van der Waals surface area contributed by atoms with Crippen LogP contribution in [-0.4, -0.2) is 28.8 Å². The van der Waals surface area contributed by atoms with Gasteiger partial charge in [-0.15, -0.1) is 12.4 Å². The van der Waals surface area contributed by atoms with Crippen LogP contribution in [0, 0.1) is 5.82 Å². The summed E-state index contributed by atoms with van der Waals surface area (Å²) in [5.41, 5.74) is -0.154. The van der Waals surface area contributed by atoms with E-state index in [1.54, 1.807) is 23.0 Å². The highest BCUT2D eigenvalue weighted by Gasteiger charge is 2.42. The fourth-order valence-corrected chi connectivity index (χ4v) is 3.12. The lowest BCUT2D eigenvalue weighted by molar-refractivity contribution is -0.126. The van der Waals surface area contributed by atoms with E-state index >= 15 is 0 Å². The van der Waals surface area contributed by atoms with Crippen LogP contribution >= 0.6 is 28.3 Å². The summed E-state index contributed by atoms with van der Waals surface area (Å²) < 4.78 is 15.4. The van der Waals surface area contributed by atoms with Gasteiger partial charge in [0.15, 0.2) is 0 Å². The van der Waals surface area contributed by atoms with E-state index < -0.39 is 5.54 Å². The quantitative estimate of drug-likeness (QED) is 0.828. The molecule has 0 saturated carbocycles. The van der Waals surface area contributed by atoms with Crippen LogP contribution in [0.2, 0.25) is 0 Å². The summed E-state index contributed by atoms with van der Waals surface area (Å²) in [7, 11) is 0. The molecule has 0 unspecified atom stereocenters. The molecule has 2 aromatic rings. The average Bonchev–Trinajstić information content (AvgIpc) is 3.06. The predicted molar refractivity (Wildman–Crippen MR) is 92.3 cm³/mol. The molecule has 23 heavy (non-hydrogen) atoms. The maximum Gasteiger partial charge on any atom is 0.252 e. The van der Waals surface area contributed by atoms with Crippen LogP contribution in [0.3, 0.4) is 0 Å². The van der Waals surface area contributed by atoms with Gasteiger partial charge in [-0.25, -0.2) is 4.39 Å². The first-order chi connectivity index (χ1) is 10.6. The molecular weight excluding hydrogens is 387 g/mol. The lowest BCUT2D eigenvalue weighted by atomic mass is 9.87. The summed E-state index contributed by atoms with van der Waals surface area (Å²) in [6, 6.07) is 6.25. The Balaban J connectivity index is 0.00000192. The molecule has 1 saturated heterocycles. The molecule has 0 aliphatic carbocycles. The molecule has 124 valence electrons. The zero-order chi connectivity index (χ0) is 15.6. The first-order valence-corrected chi connectivity index (χ1v) is 7.88. The van der Waals surface area contributed by atoms with Crippen molar-refractivity contribution in [3.05, 3.63) is 46.9 Å². The molecule has 0 atom stereocenters. The molecule has 1 aromatic carbocycles. The van der Waals surface area contributed by atoms with Gasteiger partial charge in [0.05, 0.1) is 4.47 Å². The van der Waals surface area contributed by atoms with Gasteiger partial charge >= 0.3 is 0 Å². The normalized spacial score (nSPS) is 16.4. The van der Waals surface area contributed by atoms with E-state index in [2.05, 4.69) is 31.7 Å². The van der Waals surface area contributed by atoms with Crippen molar-refractivity contribution >= 4 is 39.9 Å². The Morgan fingerprint density at radius 3 is 2.74 bits per heavy atom. The monoisotopic (exact) mass is 402 g/mol. The molecule has 0 bridgehead atoms. The second-order valence-electron chi connectivity index (χ2n) is 5.32. The van der Waals surface area contributed by atoms with Gasteiger partial charge in [-0.2, -0.15) is 5.10 Å². The maximum absolute atomic E-state index is 13.3. The molecule has 1 aromatic heterocycles. The molecule has 2 heterocycles. The van der Waals surface area contributed by atoms with E-state index in [0.717, 1.165) is 13.1 Å². The van der Waals surface area contributed by atoms with E-state index in [9.17, 15) is 9.18 Å². The molecular formula is C15H17BrClFN4O. The number of anilines is 1. The summed E-state index contributed by atoms with van der Waals surface area (Å²) in [5, 5.41) is 10.4. The number of aromatic nitrogens is 2. The molecule has 1 aliphatic rings. The number of halogens is 3. The van der Waals surface area contributed by atoms with Crippen LogP contribution in [0.4, 0.5) is 10.1 Å². The molecule has 0 radical (unpaired) electrons. The second-order valence-corrected chi connectivity index (χ2v) is 6.17. The van der Waals surface area contributed by atoms with Crippen molar-refractivity contribution in [2.24, 2.45) is 0 Å². The highest BCUT2D eigenvalue weighted by molar-refractivity contribution is 9.10. The molecule has 3 rings (SSSR count). The highest BCUT2D eigenvalue weighted by Crippen LogP contribution is 2.29. The number of carbonyl (C=O) groups is 1. The van der Waals surface area contributed by atoms with Crippen molar-refractivity contribution in [2.45, 2.75) is 18.4 Å². The number of benzene rings is 1. The van der Waals surface area contributed by atoms with Crippen LogP contribution in [0.15, 0.2) is 41.1 Å². The van der Waals surface area contributed by atoms with Crippen molar-refractivity contribution in [3.63, 3.8) is 0 Å². The van der Waals surface area contributed by atoms with Crippen LogP contribution < -0.4 is 10.6 Å². The Labute approximate surface area is 148 Å². The second kappa shape index (κ2) is 7.42. The minimum Gasteiger partial charge on any atom is -0.324 e. The summed E-state index contributed by atoms with van der Waals surface area (Å²) in [4.78, 5) is 12.9. The Bertz CT molecular complexity index is 674. The topological polar surface area (TPSA) is 59.0 Å². The largest absolute Gasteiger partial charge is 0.324 e. The third-order valence-electron chi connectivity index (χ3n) is 3.97. The molecule has 1 fully saturated rings. The van der Waals surface area contributed by atoms with Gasteiger partial charge in [-0.1, -0.05) is 0 Å². The predicted octanol–water partition coefficient (Wildman–Crippen LogP) is 2.92. The maximum atomic E-state index is 13.3. The van der Waals surface area contributed by atoms with Gasteiger partial charge in [0.2, 0.25) is 0 Å². The molecule has 8 heteroatoms. The van der Waals surface area contributed by atoms with E-state index in [0.29, 0.717) is 23.0 Å². The van der Waals surface area contributed by atoms with Gasteiger partial charge < -0.3 is 10.6 Å². The van der Waals surface area contributed by atoms with Crippen LogP contribution in [-0.2, 0) is 10.3 Å². The number of carbonyl (C=O) groups excluding carboxylic acids is 1. The van der Waals surface area contributed by atoms with Gasteiger partial charge in [0, 0.05) is 18.1 Å². The Hall–Kier alpha value is -1.44. The number of rotatable bonds is 3. The minimum absolute atomic E-state index is 0. The van der Waals surface area contributed by atoms with E-state index in [4.69, 9.17) is 0 Å². The Morgan fingerprint density at radius 2 is 2.13 bits per heavy atom. The highest BCUT2D eigenvalue weighted by atomic mass is 79.9. The first-order valence-electron chi connectivity index (χ1n) is 7.09. The summed E-state index contributed by atoms with van der Waals surface area (Å²) >= 11 is 3.13. The molecule has 1 amide bonds. The number of hydrogen-bond acceptors (Lipinski definition) is 3. The molecule has 0 spiro atoms. The van der Waals surface area contributed by atoms with Crippen LogP contribution in [0.1, 0.15) is 12.8 Å². The zero-order valence-corrected chi connectivity index (χ0v) is 14.7. The van der Waals surface area contributed by atoms with Crippen LogP contribution in [0.5, 0.6) is 0 Å². The SMILES string of the molecule is Cl.O=C(Nc1ccc(F)c(Br)c1)C1(n2cccn2)CCNCC1. The lowest BCUT2D eigenvalue weighted by Gasteiger charge is -2.36. The van der Waals surface area contributed by atoms with Gasteiger partial charge in [0.1, 0.15) is 11.4 Å². The molecule has 5 nitrogen and oxygen atoms in total. The smallest absolute Gasteiger partial charge is 0.252 e. The fraction of sp³-hybridized carbons (Fsp3) is 0.333. The minimum atomic E-state index is -0.713. The summed E-state index contributed by atoms with van der Waals surface area (Å²) in [5.74, 6) is -0.488. The molecule has 1 aliphatic heterocycles. The van der Waals surface area contributed by atoms with Crippen molar-refractivity contribution in [2.75, 3.05) is 18.4 Å². The summed E-state index contributed by atoms with van der Waals surface area (Å²) in [6.07, 6.45) is 4.79. The average molecular weight is 404 g/mol. The third kappa shape index (κ3) is 3.57. The number of nitrogens with one attached hydrogen (secondary N) is 2.